The highest BCUT2D eigenvalue weighted by Gasteiger charge is 2.19. The number of amides is 1. The van der Waals surface area contributed by atoms with Crippen LogP contribution in [-0.4, -0.2) is 37.9 Å². The van der Waals surface area contributed by atoms with Gasteiger partial charge in [0, 0.05) is 11.8 Å². The Morgan fingerprint density at radius 2 is 1.83 bits per heavy atom. The normalized spacial score (nSPS) is 11.2. The number of hydrogen-bond donors (Lipinski definition) is 1. The minimum Gasteiger partial charge on any atom is -0.497 e. The van der Waals surface area contributed by atoms with Crippen molar-refractivity contribution in [1.82, 2.24) is 19.2 Å². The summed E-state index contributed by atoms with van der Waals surface area (Å²) in [5.41, 5.74) is 3.08. The van der Waals surface area contributed by atoms with Crippen molar-refractivity contribution in [3.05, 3.63) is 88.7 Å². The second kappa shape index (κ2) is 10.2. The smallest absolute Gasteiger partial charge is 0.267 e. The van der Waals surface area contributed by atoms with Gasteiger partial charge >= 0.3 is 0 Å². The molecule has 0 saturated heterocycles. The van der Waals surface area contributed by atoms with E-state index in [1.165, 1.54) is 21.9 Å². The van der Waals surface area contributed by atoms with Gasteiger partial charge in [-0.15, -0.1) is 10.2 Å². The van der Waals surface area contributed by atoms with Gasteiger partial charge in [-0.1, -0.05) is 55.4 Å². The number of carbonyl (C=O) groups is 1. The molecule has 0 aliphatic heterocycles. The van der Waals surface area contributed by atoms with Gasteiger partial charge in [-0.3, -0.25) is 14.0 Å². The fraction of sp³-hybridized carbons (Fsp3) is 0.185. The van der Waals surface area contributed by atoms with Gasteiger partial charge in [0.15, 0.2) is 5.16 Å². The molecule has 1 N–H and O–H groups in total. The lowest BCUT2D eigenvalue weighted by molar-refractivity contribution is -0.113. The molecule has 0 aliphatic rings. The monoisotopic (exact) mass is 499 g/mol. The van der Waals surface area contributed by atoms with Crippen LogP contribution in [0.2, 0.25) is 0 Å². The zero-order valence-corrected chi connectivity index (χ0v) is 20.8. The van der Waals surface area contributed by atoms with Gasteiger partial charge in [-0.2, -0.15) is 0 Å². The first-order chi connectivity index (χ1) is 17.6. The summed E-state index contributed by atoms with van der Waals surface area (Å²) in [6, 6.07) is 22.4. The average molecular weight is 500 g/mol. The van der Waals surface area contributed by atoms with Crippen LogP contribution >= 0.6 is 11.8 Å². The maximum Gasteiger partial charge on any atom is 0.267 e. The number of nitrogens with one attached hydrogen (secondary N) is 1. The zero-order valence-electron chi connectivity index (χ0n) is 20.0. The maximum atomic E-state index is 13.5. The van der Waals surface area contributed by atoms with Crippen LogP contribution in [0.3, 0.4) is 0 Å². The predicted octanol–water partition coefficient (Wildman–Crippen LogP) is 4.73. The highest BCUT2D eigenvalue weighted by atomic mass is 32.2. The first kappa shape index (κ1) is 23.6. The molecule has 5 rings (SSSR count). The summed E-state index contributed by atoms with van der Waals surface area (Å²) in [5.74, 6) is 0.982. The number of aryl methyl sites for hydroxylation is 1. The minimum atomic E-state index is -0.209. The largest absolute Gasteiger partial charge is 0.497 e. The van der Waals surface area contributed by atoms with E-state index in [4.69, 9.17) is 4.74 Å². The standard InChI is InChI=1S/C27H25N5O3S/c1-3-7-18-12-14-19(15-13-18)28-24(33)17-36-27-30-29-26-31(20-8-6-9-21(16-20)35-2)25(34)22-10-4-5-11-23(22)32(26)27/h4-6,8-16H,3,7,17H2,1-2H3,(H,28,33). The van der Waals surface area contributed by atoms with E-state index in [-0.39, 0.29) is 17.2 Å². The molecule has 0 aliphatic carbocycles. The number of nitrogens with zero attached hydrogens (tertiary/aromatic N) is 4. The van der Waals surface area contributed by atoms with E-state index in [2.05, 4.69) is 22.4 Å². The van der Waals surface area contributed by atoms with Crippen molar-refractivity contribution in [1.29, 1.82) is 0 Å². The van der Waals surface area contributed by atoms with Gasteiger partial charge < -0.3 is 10.1 Å². The van der Waals surface area contributed by atoms with E-state index in [1.807, 2.05) is 65.1 Å². The molecule has 36 heavy (non-hydrogen) atoms. The van der Waals surface area contributed by atoms with E-state index in [0.717, 1.165) is 18.5 Å². The van der Waals surface area contributed by atoms with Crippen LogP contribution in [0.5, 0.6) is 5.75 Å². The Morgan fingerprint density at radius 3 is 2.61 bits per heavy atom. The lowest BCUT2D eigenvalue weighted by Gasteiger charge is -2.12. The molecule has 9 heteroatoms. The fourth-order valence-electron chi connectivity index (χ4n) is 4.13. The molecular weight excluding hydrogens is 474 g/mol. The van der Waals surface area contributed by atoms with Gasteiger partial charge in [0.05, 0.1) is 29.5 Å². The molecule has 1 amide bonds. The molecule has 182 valence electrons. The van der Waals surface area contributed by atoms with Crippen LogP contribution in [0.1, 0.15) is 18.9 Å². The van der Waals surface area contributed by atoms with Crippen LogP contribution in [0.25, 0.3) is 22.4 Å². The van der Waals surface area contributed by atoms with Gasteiger partial charge in [-0.05, 0) is 48.4 Å². The molecular formula is C27H25N5O3S. The quantitative estimate of drug-likeness (QED) is 0.311. The van der Waals surface area contributed by atoms with Crippen molar-refractivity contribution in [3.63, 3.8) is 0 Å². The minimum absolute atomic E-state index is 0.143. The summed E-state index contributed by atoms with van der Waals surface area (Å²) in [6.45, 7) is 2.14. The Morgan fingerprint density at radius 1 is 1.03 bits per heavy atom. The number of rotatable bonds is 8. The highest BCUT2D eigenvalue weighted by Crippen LogP contribution is 2.24. The molecule has 8 nitrogen and oxygen atoms in total. The van der Waals surface area contributed by atoms with Crippen molar-refractivity contribution < 1.29 is 9.53 Å². The molecule has 0 spiro atoms. The molecule has 0 fully saturated rings. The second-order valence-electron chi connectivity index (χ2n) is 8.26. The average Bonchev–Trinajstić information content (AvgIpc) is 3.33. The van der Waals surface area contributed by atoms with Crippen LogP contribution in [0.4, 0.5) is 5.69 Å². The number of ether oxygens (including phenoxy) is 1. The molecule has 2 aromatic heterocycles. The Labute approximate surface area is 211 Å². The predicted molar refractivity (Wildman–Crippen MR) is 142 cm³/mol. The van der Waals surface area contributed by atoms with Crippen LogP contribution < -0.4 is 15.6 Å². The van der Waals surface area contributed by atoms with Crippen LogP contribution in [0.15, 0.2) is 82.7 Å². The van der Waals surface area contributed by atoms with E-state index in [1.54, 1.807) is 19.2 Å². The van der Waals surface area contributed by atoms with Crippen molar-refractivity contribution in [2.24, 2.45) is 0 Å². The van der Waals surface area contributed by atoms with Gasteiger partial charge in [-0.25, -0.2) is 4.57 Å². The first-order valence-electron chi connectivity index (χ1n) is 11.6. The number of para-hydroxylation sites is 1. The molecule has 5 aromatic rings. The molecule has 0 radical (unpaired) electrons. The number of methoxy groups -OCH3 is 1. The lowest BCUT2D eigenvalue weighted by Crippen LogP contribution is -2.22. The van der Waals surface area contributed by atoms with Gasteiger partial charge in [0.25, 0.3) is 5.56 Å². The van der Waals surface area contributed by atoms with Crippen LogP contribution in [-0.2, 0) is 11.2 Å². The van der Waals surface area contributed by atoms with Crippen LogP contribution in [0, 0.1) is 0 Å². The Kier molecular flexibility index (Phi) is 6.73. The van der Waals surface area contributed by atoms with Gasteiger partial charge in [0.2, 0.25) is 11.7 Å². The summed E-state index contributed by atoms with van der Waals surface area (Å²) >= 11 is 1.26. The van der Waals surface area contributed by atoms with E-state index in [0.29, 0.717) is 33.3 Å². The third-order valence-corrected chi connectivity index (χ3v) is 6.74. The fourth-order valence-corrected chi connectivity index (χ4v) is 4.87. The zero-order chi connectivity index (χ0) is 25.1. The maximum absolute atomic E-state index is 13.5. The van der Waals surface area contributed by atoms with E-state index < -0.39 is 0 Å². The lowest BCUT2D eigenvalue weighted by atomic mass is 10.1. The van der Waals surface area contributed by atoms with E-state index in [9.17, 15) is 9.59 Å². The first-order valence-corrected chi connectivity index (χ1v) is 12.6. The summed E-state index contributed by atoms with van der Waals surface area (Å²) < 4.78 is 8.67. The molecule has 0 unspecified atom stereocenters. The molecule has 3 aromatic carbocycles. The SMILES string of the molecule is CCCc1ccc(NC(=O)CSc2nnc3n(-c4cccc(OC)c4)c(=O)c4ccccc4n23)cc1. The third kappa shape index (κ3) is 4.57. The Bertz CT molecular complexity index is 1610. The molecule has 2 heterocycles. The van der Waals surface area contributed by atoms with E-state index >= 15 is 0 Å². The van der Waals surface area contributed by atoms with Crippen molar-refractivity contribution in [3.8, 4) is 11.4 Å². The number of thioether (sulfide) groups is 1. The number of fused-ring (bicyclic) bond motifs is 3. The third-order valence-electron chi connectivity index (χ3n) is 5.81. The Balaban J connectivity index is 1.48. The van der Waals surface area contributed by atoms with Crippen molar-refractivity contribution in [2.45, 2.75) is 24.9 Å². The summed E-state index contributed by atoms with van der Waals surface area (Å²) in [7, 11) is 1.58. The molecule has 0 saturated carbocycles. The van der Waals surface area contributed by atoms with Gasteiger partial charge in [0.1, 0.15) is 5.75 Å². The second-order valence-corrected chi connectivity index (χ2v) is 9.20. The highest BCUT2D eigenvalue weighted by molar-refractivity contribution is 7.99. The number of aromatic nitrogens is 4. The summed E-state index contributed by atoms with van der Waals surface area (Å²) in [6.07, 6.45) is 2.09. The summed E-state index contributed by atoms with van der Waals surface area (Å²) in [5, 5.41) is 12.6. The summed E-state index contributed by atoms with van der Waals surface area (Å²) in [4.78, 5) is 26.1. The number of hydrogen-bond acceptors (Lipinski definition) is 6. The van der Waals surface area contributed by atoms with Crippen molar-refractivity contribution in [2.75, 3.05) is 18.2 Å². The number of benzene rings is 3. The number of anilines is 1. The van der Waals surface area contributed by atoms with Crippen molar-refractivity contribution >= 4 is 40.0 Å². The topological polar surface area (TPSA) is 90.5 Å². The molecule has 0 bridgehead atoms. The molecule has 0 atom stereocenters. The Hall–Kier alpha value is -4.11. The number of carbonyl (C=O) groups excluding carboxylic acids is 1.